The molecule has 5 nitrogen and oxygen atoms in total. The molecule has 0 bridgehead atoms. The number of hydrogen-bond acceptors (Lipinski definition) is 4. The van der Waals surface area contributed by atoms with Crippen LogP contribution in [0.5, 0.6) is 0 Å². The minimum absolute atomic E-state index is 0.0588. The second-order valence-corrected chi connectivity index (χ2v) is 6.12. The molecule has 1 unspecified atom stereocenters. The summed E-state index contributed by atoms with van der Waals surface area (Å²) in [5.41, 5.74) is 0.377. The summed E-state index contributed by atoms with van der Waals surface area (Å²) < 4.78 is 28.1. The lowest BCUT2D eigenvalue weighted by molar-refractivity contribution is 0.0940. The Kier molecular flexibility index (Phi) is 6.03. The van der Waals surface area contributed by atoms with Crippen LogP contribution >= 0.6 is 0 Å². The highest BCUT2D eigenvalue weighted by Gasteiger charge is 2.23. The lowest BCUT2D eigenvalue weighted by atomic mass is 10.0. The molecular weight excluding hydrogens is 326 g/mol. The zero-order valence-corrected chi connectivity index (χ0v) is 14.8. The van der Waals surface area contributed by atoms with E-state index in [1.165, 1.54) is 18.2 Å². The number of rotatable bonds is 6. The van der Waals surface area contributed by atoms with E-state index in [0.717, 1.165) is 0 Å². The predicted molar refractivity (Wildman–Crippen MR) is 93.7 cm³/mol. The van der Waals surface area contributed by atoms with E-state index < -0.39 is 17.7 Å². The molecule has 2 rings (SSSR count). The van der Waals surface area contributed by atoms with E-state index in [0.29, 0.717) is 11.4 Å². The number of carbonyl (C=O) groups is 1. The van der Waals surface area contributed by atoms with Gasteiger partial charge in [0.1, 0.15) is 17.5 Å². The fourth-order valence-electron chi connectivity index (χ4n) is 2.47. The van der Waals surface area contributed by atoms with Gasteiger partial charge >= 0.3 is 0 Å². The van der Waals surface area contributed by atoms with Crippen LogP contribution in [-0.4, -0.2) is 50.5 Å². The van der Waals surface area contributed by atoms with Crippen molar-refractivity contribution in [1.82, 2.24) is 15.2 Å². The van der Waals surface area contributed by atoms with E-state index >= 15 is 0 Å². The summed E-state index contributed by atoms with van der Waals surface area (Å²) in [6.45, 7) is 0.0727. The third kappa shape index (κ3) is 4.51. The maximum atomic E-state index is 14.1. The molecule has 1 N–H and O–H groups in total. The number of pyridine rings is 1. The van der Waals surface area contributed by atoms with E-state index in [-0.39, 0.29) is 18.0 Å². The zero-order chi connectivity index (χ0) is 18.6. The molecule has 1 heterocycles. The van der Waals surface area contributed by atoms with E-state index in [4.69, 9.17) is 0 Å². The van der Waals surface area contributed by atoms with Gasteiger partial charge in [0.05, 0.1) is 6.04 Å². The van der Waals surface area contributed by atoms with Crippen molar-refractivity contribution in [3.8, 4) is 0 Å². The van der Waals surface area contributed by atoms with Crippen LogP contribution in [-0.2, 0) is 0 Å². The number of hydrogen-bond donors (Lipinski definition) is 1. The molecule has 1 atom stereocenters. The lowest BCUT2D eigenvalue weighted by Gasteiger charge is -2.26. The Morgan fingerprint density at radius 2 is 1.80 bits per heavy atom. The Hall–Kier alpha value is -2.54. The lowest BCUT2D eigenvalue weighted by Crippen LogP contribution is -2.35. The standard InChI is InChI=1S/C18H22F2N4O/c1-23(2)15(17-13(19)6-5-7-14(17)20)11-22-18(25)12-8-9-21-16(10-12)24(3)4/h5-10,15H,11H2,1-4H3,(H,22,25). The number of halogens is 2. The van der Waals surface area contributed by atoms with Crippen LogP contribution < -0.4 is 10.2 Å². The van der Waals surface area contributed by atoms with E-state index in [2.05, 4.69) is 10.3 Å². The van der Waals surface area contributed by atoms with Gasteiger partial charge in [0.15, 0.2) is 0 Å². The van der Waals surface area contributed by atoms with Crippen molar-refractivity contribution in [3.05, 3.63) is 59.3 Å². The van der Waals surface area contributed by atoms with Crippen molar-refractivity contribution in [3.63, 3.8) is 0 Å². The molecule has 0 spiro atoms. The van der Waals surface area contributed by atoms with Crippen LogP contribution in [0, 0.1) is 11.6 Å². The minimum Gasteiger partial charge on any atom is -0.363 e. The van der Waals surface area contributed by atoms with Crippen molar-refractivity contribution >= 4 is 11.7 Å². The molecule has 134 valence electrons. The number of likely N-dealkylation sites (N-methyl/N-ethyl adjacent to an activating group) is 1. The predicted octanol–water partition coefficient (Wildman–Crippen LogP) is 2.46. The maximum Gasteiger partial charge on any atom is 0.251 e. The monoisotopic (exact) mass is 348 g/mol. The third-order valence-corrected chi connectivity index (χ3v) is 3.88. The molecule has 2 aromatic rings. The van der Waals surface area contributed by atoms with E-state index in [1.54, 1.807) is 42.2 Å². The van der Waals surface area contributed by atoms with Crippen LogP contribution in [0.3, 0.4) is 0 Å². The molecule has 0 aliphatic carbocycles. The summed E-state index contributed by atoms with van der Waals surface area (Å²) in [7, 11) is 7.07. The van der Waals surface area contributed by atoms with Crippen LogP contribution in [0.15, 0.2) is 36.5 Å². The number of carbonyl (C=O) groups excluding carboxylic acids is 1. The number of nitrogens with zero attached hydrogens (tertiary/aromatic N) is 3. The molecule has 1 amide bonds. The number of benzene rings is 1. The van der Waals surface area contributed by atoms with Gasteiger partial charge < -0.3 is 15.1 Å². The quantitative estimate of drug-likeness (QED) is 0.871. The normalized spacial score (nSPS) is 12.1. The number of amides is 1. The first-order chi connectivity index (χ1) is 11.8. The molecule has 7 heteroatoms. The van der Waals surface area contributed by atoms with Gasteiger partial charge in [-0.05, 0) is 38.4 Å². The molecule has 0 radical (unpaired) electrons. The first-order valence-corrected chi connectivity index (χ1v) is 7.83. The van der Waals surface area contributed by atoms with Crippen molar-refractivity contribution in [2.45, 2.75) is 6.04 Å². The van der Waals surface area contributed by atoms with Crippen molar-refractivity contribution in [2.24, 2.45) is 0 Å². The average molecular weight is 348 g/mol. The van der Waals surface area contributed by atoms with Gasteiger partial charge in [0.25, 0.3) is 5.91 Å². The Bertz CT molecular complexity index is 729. The van der Waals surface area contributed by atoms with Gasteiger partial charge in [-0.25, -0.2) is 13.8 Å². The highest BCUT2D eigenvalue weighted by molar-refractivity contribution is 5.94. The molecule has 0 fully saturated rings. The topological polar surface area (TPSA) is 48.5 Å². The largest absolute Gasteiger partial charge is 0.363 e. The second-order valence-electron chi connectivity index (χ2n) is 6.12. The van der Waals surface area contributed by atoms with Crippen LogP contribution in [0.25, 0.3) is 0 Å². The molecule has 0 aliphatic rings. The fraction of sp³-hybridized carbons (Fsp3) is 0.333. The van der Waals surface area contributed by atoms with Gasteiger partial charge in [0.2, 0.25) is 0 Å². The van der Waals surface area contributed by atoms with Crippen molar-refractivity contribution in [2.75, 3.05) is 39.6 Å². The van der Waals surface area contributed by atoms with Gasteiger partial charge in [-0.1, -0.05) is 6.07 Å². The molecule has 0 saturated heterocycles. The number of anilines is 1. The Morgan fingerprint density at radius 1 is 1.16 bits per heavy atom. The van der Waals surface area contributed by atoms with Crippen LogP contribution in [0.2, 0.25) is 0 Å². The molecule has 1 aromatic heterocycles. The first kappa shape index (κ1) is 18.8. The number of nitrogens with one attached hydrogen (secondary N) is 1. The average Bonchev–Trinajstić information content (AvgIpc) is 2.56. The van der Waals surface area contributed by atoms with E-state index in [9.17, 15) is 13.6 Å². The van der Waals surface area contributed by atoms with Crippen molar-refractivity contribution in [1.29, 1.82) is 0 Å². The summed E-state index contributed by atoms with van der Waals surface area (Å²) in [6.07, 6.45) is 1.55. The molecule has 0 aliphatic heterocycles. The van der Waals surface area contributed by atoms with Crippen molar-refractivity contribution < 1.29 is 13.6 Å². The first-order valence-electron chi connectivity index (χ1n) is 7.83. The van der Waals surface area contributed by atoms with Gasteiger partial charge in [-0.15, -0.1) is 0 Å². The summed E-state index contributed by atoms with van der Waals surface area (Å²) >= 11 is 0. The van der Waals surface area contributed by atoms with Gasteiger partial charge in [-0.2, -0.15) is 0 Å². The smallest absolute Gasteiger partial charge is 0.251 e. The Morgan fingerprint density at radius 3 is 2.36 bits per heavy atom. The number of aromatic nitrogens is 1. The summed E-state index contributed by atoms with van der Waals surface area (Å²) in [5.74, 6) is -0.940. The van der Waals surface area contributed by atoms with Crippen LogP contribution in [0.4, 0.5) is 14.6 Å². The SMILES string of the molecule is CN(C)c1cc(C(=O)NCC(c2c(F)cccc2F)N(C)C)ccn1. The highest BCUT2D eigenvalue weighted by atomic mass is 19.1. The zero-order valence-electron chi connectivity index (χ0n) is 14.8. The third-order valence-electron chi connectivity index (χ3n) is 3.88. The Labute approximate surface area is 146 Å². The second kappa shape index (κ2) is 8.02. The summed E-state index contributed by atoms with van der Waals surface area (Å²) in [5, 5.41) is 2.74. The molecular formula is C18H22F2N4O. The molecule has 0 saturated carbocycles. The van der Waals surface area contributed by atoms with E-state index in [1.807, 2.05) is 14.1 Å². The Balaban J connectivity index is 2.17. The minimum atomic E-state index is -0.633. The van der Waals surface area contributed by atoms with Gasteiger partial charge in [-0.3, -0.25) is 4.79 Å². The fourth-order valence-corrected chi connectivity index (χ4v) is 2.47. The van der Waals surface area contributed by atoms with Crippen LogP contribution in [0.1, 0.15) is 22.0 Å². The molecule has 25 heavy (non-hydrogen) atoms. The summed E-state index contributed by atoms with van der Waals surface area (Å²) in [4.78, 5) is 20.0. The van der Waals surface area contributed by atoms with Gasteiger partial charge in [0, 0.05) is 38.0 Å². The summed E-state index contributed by atoms with van der Waals surface area (Å²) in [6, 6.07) is 6.37. The maximum absolute atomic E-state index is 14.1. The highest BCUT2D eigenvalue weighted by Crippen LogP contribution is 2.24. The molecule has 1 aromatic carbocycles.